The number of nitrogens with one attached hydrogen (secondary N) is 2. The molecule has 6 N–H and O–H groups in total. The molecule has 226 valence electrons. The molecule has 2 saturated carbocycles. The lowest BCUT2D eigenvalue weighted by molar-refractivity contribution is -0.176. The van der Waals surface area contributed by atoms with Crippen LogP contribution in [0.4, 0.5) is 0 Å². The molecule has 0 unspecified atom stereocenters. The highest BCUT2D eigenvalue weighted by Gasteiger charge is 2.26. The van der Waals surface area contributed by atoms with Gasteiger partial charge in [-0.15, -0.1) is 10.2 Å². The van der Waals surface area contributed by atoms with Crippen LogP contribution < -0.4 is 15.2 Å². The molecule has 13 nitrogen and oxygen atoms in total. The molecule has 4 aromatic rings. The summed E-state index contributed by atoms with van der Waals surface area (Å²) in [6.07, 6.45) is 7.22. The zero-order valence-corrected chi connectivity index (χ0v) is 24.6. The number of carbonyl (C=O) groups excluding carboxylic acids is 1. The van der Waals surface area contributed by atoms with Crippen molar-refractivity contribution in [3.8, 4) is 40.9 Å². The number of benzene rings is 2. The third-order valence-corrected chi connectivity index (χ3v) is 8.07. The standard InChI is InChI=1S/C15H18N4O2.C15H16N4O.H2O2/c1-8-6-11(9-4-3-5-9)12(7-10(8)13(16)20)14-17-15(21-2)19-18-14;1-9-6-12(10-4-3-5-10)13(7-11(9)8-16)14-17-15(20-2)19-18-14;1-2/h6-7,9H,3-5H2,1-2H3,(H2,16,20)(H,17,18,19);6-7,10H,3-5H2,1-2H3,(H,17,18,19);1-2H. The van der Waals surface area contributed by atoms with Crippen molar-refractivity contribution in [2.24, 2.45) is 5.73 Å². The van der Waals surface area contributed by atoms with Crippen LogP contribution in [0.2, 0.25) is 0 Å². The Morgan fingerprint density at radius 1 is 0.860 bits per heavy atom. The minimum absolute atomic E-state index is 0.283. The highest BCUT2D eigenvalue weighted by atomic mass is 17.0. The molecule has 6 rings (SSSR count). The fourth-order valence-electron chi connectivity index (χ4n) is 5.29. The van der Waals surface area contributed by atoms with Gasteiger partial charge in [-0.1, -0.05) is 25.0 Å². The number of hydrogen-bond donors (Lipinski definition) is 5. The molecule has 43 heavy (non-hydrogen) atoms. The van der Waals surface area contributed by atoms with Crippen LogP contribution in [0.1, 0.15) is 88.5 Å². The number of ether oxygens (including phenoxy) is 2. The second kappa shape index (κ2) is 13.9. The van der Waals surface area contributed by atoms with E-state index in [0.717, 1.165) is 35.1 Å². The van der Waals surface area contributed by atoms with E-state index in [-0.39, 0.29) is 6.01 Å². The van der Waals surface area contributed by atoms with Gasteiger partial charge in [0.25, 0.3) is 0 Å². The Bertz CT molecular complexity index is 1620. The number of hydrogen-bond acceptors (Lipinski definition) is 10. The normalized spacial score (nSPS) is 14.2. The maximum Gasteiger partial charge on any atom is 0.335 e. The third-order valence-electron chi connectivity index (χ3n) is 8.07. The maximum absolute atomic E-state index is 11.6. The van der Waals surface area contributed by atoms with Crippen molar-refractivity contribution in [3.05, 3.63) is 57.6 Å². The van der Waals surface area contributed by atoms with Crippen molar-refractivity contribution in [3.63, 3.8) is 0 Å². The zero-order valence-electron chi connectivity index (χ0n) is 24.6. The van der Waals surface area contributed by atoms with E-state index in [1.165, 1.54) is 51.0 Å². The van der Waals surface area contributed by atoms with E-state index in [4.69, 9.17) is 25.7 Å². The number of nitrogens with two attached hydrogens (primary N) is 1. The Kier molecular flexibility index (Phi) is 10.1. The van der Waals surface area contributed by atoms with Gasteiger partial charge in [0, 0.05) is 16.7 Å². The van der Waals surface area contributed by atoms with Crippen molar-refractivity contribution in [2.75, 3.05) is 14.2 Å². The van der Waals surface area contributed by atoms with Gasteiger partial charge in [0.15, 0.2) is 11.6 Å². The Labute approximate surface area is 249 Å². The second-order valence-electron chi connectivity index (χ2n) is 10.6. The first-order valence-electron chi connectivity index (χ1n) is 13.9. The highest BCUT2D eigenvalue weighted by molar-refractivity contribution is 5.95. The number of nitriles is 1. The lowest BCUT2D eigenvalue weighted by atomic mass is 9.77. The fraction of sp³-hybridized carbons (Fsp3) is 0.400. The topological polar surface area (TPSA) is 209 Å². The zero-order chi connectivity index (χ0) is 31.1. The molecule has 0 radical (unpaired) electrons. The van der Waals surface area contributed by atoms with Crippen LogP contribution in [0, 0.1) is 25.2 Å². The molecule has 0 bridgehead atoms. The quantitative estimate of drug-likeness (QED) is 0.142. The minimum atomic E-state index is -0.430. The van der Waals surface area contributed by atoms with Gasteiger partial charge >= 0.3 is 12.0 Å². The number of primary amides is 1. The summed E-state index contributed by atoms with van der Waals surface area (Å²) >= 11 is 0. The molecule has 2 aliphatic carbocycles. The van der Waals surface area contributed by atoms with Gasteiger partial charge in [-0.25, -0.2) is 0 Å². The van der Waals surface area contributed by atoms with Crippen LogP contribution in [0.3, 0.4) is 0 Å². The summed E-state index contributed by atoms with van der Waals surface area (Å²) < 4.78 is 10.0. The first kappa shape index (κ1) is 31.1. The highest BCUT2D eigenvalue weighted by Crippen LogP contribution is 2.42. The van der Waals surface area contributed by atoms with Crippen LogP contribution in [0.15, 0.2) is 24.3 Å². The monoisotopic (exact) mass is 588 g/mol. The molecular formula is C30H36N8O5. The van der Waals surface area contributed by atoms with Crippen LogP contribution in [-0.4, -0.2) is 61.0 Å². The summed E-state index contributed by atoms with van der Waals surface area (Å²) in [6.45, 7) is 3.89. The first-order chi connectivity index (χ1) is 20.8. The number of amides is 1. The van der Waals surface area contributed by atoms with E-state index in [1.54, 1.807) is 0 Å². The molecule has 1 amide bonds. The van der Waals surface area contributed by atoms with Gasteiger partial charge in [-0.05, 0) is 85.8 Å². The number of rotatable bonds is 7. The van der Waals surface area contributed by atoms with Crippen LogP contribution >= 0.6 is 0 Å². The van der Waals surface area contributed by atoms with Crippen molar-refractivity contribution in [1.82, 2.24) is 30.4 Å². The number of H-pyrrole nitrogens is 2. The van der Waals surface area contributed by atoms with Gasteiger partial charge in [-0.3, -0.25) is 25.5 Å². The van der Waals surface area contributed by atoms with Gasteiger partial charge in [0.1, 0.15) is 0 Å². The number of carbonyl (C=O) groups is 1. The largest absolute Gasteiger partial charge is 0.466 e. The lowest BCUT2D eigenvalue weighted by Gasteiger charge is -2.28. The Morgan fingerprint density at radius 3 is 1.70 bits per heavy atom. The van der Waals surface area contributed by atoms with Gasteiger partial charge in [0.05, 0.1) is 25.9 Å². The second-order valence-corrected chi connectivity index (χ2v) is 10.6. The van der Waals surface area contributed by atoms with Crippen molar-refractivity contribution in [1.29, 1.82) is 5.26 Å². The van der Waals surface area contributed by atoms with Gasteiger partial charge < -0.3 is 15.2 Å². The molecule has 0 atom stereocenters. The summed E-state index contributed by atoms with van der Waals surface area (Å²) in [5, 5.41) is 34.9. The molecule has 0 saturated heterocycles. The van der Waals surface area contributed by atoms with Gasteiger partial charge in [-0.2, -0.15) is 15.2 Å². The number of aromatic nitrogens is 6. The predicted molar refractivity (Wildman–Crippen MR) is 158 cm³/mol. The van der Waals surface area contributed by atoms with E-state index < -0.39 is 5.91 Å². The molecule has 2 aromatic carbocycles. The molecule has 0 spiro atoms. The van der Waals surface area contributed by atoms with Crippen molar-refractivity contribution in [2.45, 2.75) is 64.2 Å². The number of aryl methyl sites for hydroxylation is 2. The predicted octanol–water partition coefficient (Wildman–Crippen LogP) is 5.10. The Balaban J connectivity index is 0.000000186. The summed E-state index contributed by atoms with van der Waals surface area (Å²) in [6, 6.07) is 10.7. The molecule has 2 aromatic heterocycles. The Morgan fingerprint density at radius 2 is 1.33 bits per heavy atom. The summed E-state index contributed by atoms with van der Waals surface area (Å²) in [7, 11) is 3.05. The van der Waals surface area contributed by atoms with E-state index in [0.29, 0.717) is 40.6 Å². The van der Waals surface area contributed by atoms with E-state index in [9.17, 15) is 10.1 Å². The fourth-order valence-corrected chi connectivity index (χ4v) is 5.29. The average Bonchev–Trinajstić information content (AvgIpc) is 3.63. The molecule has 2 fully saturated rings. The number of aromatic amines is 2. The molecular weight excluding hydrogens is 552 g/mol. The van der Waals surface area contributed by atoms with Crippen LogP contribution in [-0.2, 0) is 0 Å². The van der Waals surface area contributed by atoms with Crippen LogP contribution in [0.25, 0.3) is 22.8 Å². The molecule has 13 heteroatoms. The first-order valence-corrected chi connectivity index (χ1v) is 13.9. The Hall–Kier alpha value is -4.80. The van der Waals surface area contributed by atoms with E-state index in [2.05, 4.69) is 42.5 Å². The molecule has 2 heterocycles. The smallest absolute Gasteiger partial charge is 0.335 e. The maximum atomic E-state index is 11.6. The third kappa shape index (κ3) is 6.66. The summed E-state index contributed by atoms with van der Waals surface area (Å²) in [5.41, 5.74) is 12.9. The summed E-state index contributed by atoms with van der Waals surface area (Å²) in [4.78, 5) is 20.2. The average molecular weight is 589 g/mol. The van der Waals surface area contributed by atoms with E-state index in [1.807, 2.05) is 32.0 Å². The van der Waals surface area contributed by atoms with E-state index >= 15 is 0 Å². The molecule has 0 aliphatic heterocycles. The van der Waals surface area contributed by atoms with Crippen molar-refractivity contribution >= 4 is 5.91 Å². The SMILES string of the molecule is COc1n[nH]c(-c2cc(C#N)c(C)cc2C2CCC2)n1.COc1n[nH]c(-c2cc(C(N)=O)c(C)cc2C2CCC2)n1.OO. The van der Waals surface area contributed by atoms with Crippen LogP contribution in [0.5, 0.6) is 12.0 Å². The van der Waals surface area contributed by atoms with Crippen molar-refractivity contribution < 1.29 is 24.8 Å². The summed E-state index contributed by atoms with van der Waals surface area (Å²) in [5.74, 6) is 1.92. The van der Waals surface area contributed by atoms with Gasteiger partial charge in [0.2, 0.25) is 5.91 Å². The number of methoxy groups -OCH3 is 2. The number of nitrogens with zero attached hydrogens (tertiary/aromatic N) is 5. The minimum Gasteiger partial charge on any atom is -0.466 e. The molecule has 2 aliphatic rings. The lowest BCUT2D eigenvalue weighted by Crippen LogP contribution is -2.16.